The molecule has 0 bridgehead atoms. The summed E-state index contributed by atoms with van der Waals surface area (Å²) in [5.74, 6) is 1.25. The maximum absolute atomic E-state index is 11.1. The molecule has 0 aromatic heterocycles. The summed E-state index contributed by atoms with van der Waals surface area (Å²) >= 11 is 0. The molecule has 0 aliphatic rings. The van der Waals surface area contributed by atoms with Crippen LogP contribution in [0.15, 0.2) is 24.3 Å². The minimum absolute atomic E-state index is 0.0545. The summed E-state index contributed by atoms with van der Waals surface area (Å²) in [6.45, 7) is 4.23. The van der Waals surface area contributed by atoms with Crippen molar-refractivity contribution in [3.05, 3.63) is 29.8 Å². The maximum Gasteiger partial charge on any atom is 0.127 e. The predicted molar refractivity (Wildman–Crippen MR) is 61.3 cm³/mol. The molecule has 0 radical (unpaired) electrons. The molecule has 1 aromatic carbocycles. The molecule has 1 atom stereocenters. The lowest BCUT2D eigenvalue weighted by Crippen LogP contribution is -2.06. The molecule has 0 heterocycles. The third-order valence-corrected chi connectivity index (χ3v) is 2.43. The first-order chi connectivity index (χ1) is 7.19. The fraction of sp³-hybridized carbons (Fsp3) is 0.462. The summed E-state index contributed by atoms with van der Waals surface area (Å²) in [5.41, 5.74) is 0.990. The largest absolute Gasteiger partial charge is 0.496 e. The Morgan fingerprint density at radius 2 is 2.00 bits per heavy atom. The number of aldehydes is 1. The summed E-state index contributed by atoms with van der Waals surface area (Å²) < 4.78 is 5.25. The normalized spacial score (nSPS) is 12.5. The highest BCUT2D eigenvalue weighted by atomic mass is 16.5. The highest BCUT2D eigenvalue weighted by Crippen LogP contribution is 2.29. The Morgan fingerprint density at radius 1 is 1.33 bits per heavy atom. The van der Waals surface area contributed by atoms with Crippen molar-refractivity contribution in [3.8, 4) is 5.75 Å². The van der Waals surface area contributed by atoms with E-state index in [0.29, 0.717) is 5.92 Å². The molecular formula is C13H18O2. The second kappa shape index (κ2) is 5.54. The van der Waals surface area contributed by atoms with E-state index in [-0.39, 0.29) is 5.92 Å². The third-order valence-electron chi connectivity index (χ3n) is 2.43. The first-order valence-corrected chi connectivity index (χ1v) is 5.27. The predicted octanol–water partition coefficient (Wildman–Crippen LogP) is 3.02. The summed E-state index contributed by atoms with van der Waals surface area (Å²) in [5, 5.41) is 0. The molecule has 15 heavy (non-hydrogen) atoms. The van der Waals surface area contributed by atoms with Gasteiger partial charge in [0.15, 0.2) is 0 Å². The standard InChI is InChI=1S/C13H18O2/c1-10(2)8-11(9-14)12-6-4-5-7-13(12)15-3/h4-7,9-11H,8H2,1-3H3. The lowest BCUT2D eigenvalue weighted by molar-refractivity contribution is -0.109. The van der Waals surface area contributed by atoms with Crippen LogP contribution in [0.2, 0.25) is 0 Å². The van der Waals surface area contributed by atoms with Crippen molar-refractivity contribution in [2.75, 3.05) is 7.11 Å². The Kier molecular flexibility index (Phi) is 4.35. The van der Waals surface area contributed by atoms with Gasteiger partial charge in [-0.1, -0.05) is 32.0 Å². The summed E-state index contributed by atoms with van der Waals surface area (Å²) in [7, 11) is 1.63. The van der Waals surface area contributed by atoms with Gasteiger partial charge in [-0.15, -0.1) is 0 Å². The average molecular weight is 206 g/mol. The van der Waals surface area contributed by atoms with E-state index in [1.807, 2.05) is 24.3 Å². The number of rotatable bonds is 5. The van der Waals surface area contributed by atoms with Crippen molar-refractivity contribution in [2.24, 2.45) is 5.92 Å². The van der Waals surface area contributed by atoms with Gasteiger partial charge in [0.2, 0.25) is 0 Å². The molecule has 0 saturated carbocycles. The SMILES string of the molecule is COc1ccccc1C(C=O)CC(C)C. The van der Waals surface area contributed by atoms with Crippen LogP contribution in [0.25, 0.3) is 0 Å². The quantitative estimate of drug-likeness (QED) is 0.692. The van der Waals surface area contributed by atoms with Gasteiger partial charge in [0.05, 0.1) is 7.11 Å². The Labute approximate surface area is 91.3 Å². The zero-order chi connectivity index (χ0) is 11.3. The minimum Gasteiger partial charge on any atom is -0.496 e. The van der Waals surface area contributed by atoms with Gasteiger partial charge in [-0.3, -0.25) is 0 Å². The molecule has 0 saturated heterocycles. The maximum atomic E-state index is 11.1. The van der Waals surface area contributed by atoms with Gasteiger partial charge < -0.3 is 9.53 Å². The summed E-state index contributed by atoms with van der Waals surface area (Å²) in [6, 6.07) is 7.71. The van der Waals surface area contributed by atoms with Gasteiger partial charge in [0, 0.05) is 11.5 Å². The molecule has 0 fully saturated rings. The fourth-order valence-corrected chi connectivity index (χ4v) is 1.74. The van der Waals surface area contributed by atoms with Crippen LogP contribution in [0, 0.1) is 5.92 Å². The molecule has 0 aliphatic carbocycles. The number of ether oxygens (including phenoxy) is 1. The van der Waals surface area contributed by atoms with Crippen LogP contribution in [0.5, 0.6) is 5.75 Å². The molecule has 0 spiro atoms. The summed E-state index contributed by atoms with van der Waals surface area (Å²) in [4.78, 5) is 11.1. The van der Waals surface area contributed by atoms with Crippen LogP contribution in [0.4, 0.5) is 0 Å². The number of hydrogen-bond donors (Lipinski definition) is 0. The number of carbonyl (C=O) groups excluding carboxylic acids is 1. The molecule has 0 N–H and O–H groups in total. The van der Waals surface area contributed by atoms with Crippen molar-refractivity contribution in [2.45, 2.75) is 26.2 Å². The van der Waals surface area contributed by atoms with Gasteiger partial charge >= 0.3 is 0 Å². The number of methoxy groups -OCH3 is 1. The van der Waals surface area contributed by atoms with Crippen molar-refractivity contribution in [1.82, 2.24) is 0 Å². The Bertz CT molecular complexity index is 318. The van der Waals surface area contributed by atoms with Crippen LogP contribution in [0.3, 0.4) is 0 Å². The Hall–Kier alpha value is -1.31. The van der Waals surface area contributed by atoms with Crippen molar-refractivity contribution >= 4 is 6.29 Å². The number of hydrogen-bond acceptors (Lipinski definition) is 2. The van der Waals surface area contributed by atoms with Gasteiger partial charge in [0.1, 0.15) is 12.0 Å². The van der Waals surface area contributed by atoms with Crippen LogP contribution in [-0.4, -0.2) is 13.4 Å². The van der Waals surface area contributed by atoms with Crippen molar-refractivity contribution in [3.63, 3.8) is 0 Å². The smallest absolute Gasteiger partial charge is 0.127 e. The van der Waals surface area contributed by atoms with E-state index in [9.17, 15) is 4.79 Å². The topological polar surface area (TPSA) is 26.3 Å². The zero-order valence-corrected chi connectivity index (χ0v) is 9.57. The molecular weight excluding hydrogens is 188 g/mol. The van der Waals surface area contributed by atoms with Crippen LogP contribution in [0.1, 0.15) is 31.7 Å². The molecule has 82 valence electrons. The zero-order valence-electron chi connectivity index (χ0n) is 9.57. The molecule has 1 unspecified atom stereocenters. The van der Waals surface area contributed by atoms with E-state index >= 15 is 0 Å². The Balaban J connectivity index is 2.95. The lowest BCUT2D eigenvalue weighted by Gasteiger charge is -2.16. The fourth-order valence-electron chi connectivity index (χ4n) is 1.74. The molecule has 2 nitrogen and oxygen atoms in total. The second-order valence-corrected chi connectivity index (χ2v) is 4.11. The average Bonchev–Trinajstić information content (AvgIpc) is 2.25. The highest BCUT2D eigenvalue weighted by Gasteiger charge is 2.15. The first kappa shape index (κ1) is 11.8. The van der Waals surface area contributed by atoms with Crippen molar-refractivity contribution < 1.29 is 9.53 Å². The van der Waals surface area contributed by atoms with Crippen molar-refractivity contribution in [1.29, 1.82) is 0 Å². The van der Waals surface area contributed by atoms with E-state index in [0.717, 1.165) is 24.0 Å². The summed E-state index contributed by atoms with van der Waals surface area (Å²) in [6.07, 6.45) is 1.88. The van der Waals surface area contributed by atoms with Gasteiger partial charge in [-0.25, -0.2) is 0 Å². The van der Waals surface area contributed by atoms with Gasteiger partial charge in [0.25, 0.3) is 0 Å². The number of carbonyl (C=O) groups is 1. The number of benzene rings is 1. The van der Waals surface area contributed by atoms with E-state index in [2.05, 4.69) is 13.8 Å². The van der Waals surface area contributed by atoms with Crippen LogP contribution >= 0.6 is 0 Å². The first-order valence-electron chi connectivity index (χ1n) is 5.27. The second-order valence-electron chi connectivity index (χ2n) is 4.11. The molecule has 1 rings (SSSR count). The molecule has 0 aliphatic heterocycles. The molecule has 2 heteroatoms. The highest BCUT2D eigenvalue weighted by molar-refractivity contribution is 5.64. The molecule has 0 amide bonds. The van der Waals surface area contributed by atoms with E-state index in [1.54, 1.807) is 7.11 Å². The molecule has 1 aromatic rings. The monoisotopic (exact) mass is 206 g/mol. The lowest BCUT2D eigenvalue weighted by atomic mass is 9.91. The van der Waals surface area contributed by atoms with Crippen LogP contribution < -0.4 is 4.74 Å². The minimum atomic E-state index is -0.0545. The van der Waals surface area contributed by atoms with Gasteiger partial charge in [-0.05, 0) is 18.4 Å². The number of para-hydroxylation sites is 1. The van der Waals surface area contributed by atoms with E-state index < -0.39 is 0 Å². The van der Waals surface area contributed by atoms with Gasteiger partial charge in [-0.2, -0.15) is 0 Å². The van der Waals surface area contributed by atoms with E-state index in [4.69, 9.17) is 4.74 Å². The van der Waals surface area contributed by atoms with Crippen LogP contribution in [-0.2, 0) is 4.79 Å². The Morgan fingerprint density at radius 3 is 2.53 bits per heavy atom. The third kappa shape index (κ3) is 3.08. The van der Waals surface area contributed by atoms with E-state index in [1.165, 1.54) is 0 Å².